The lowest BCUT2D eigenvalue weighted by Crippen LogP contribution is -2.26. The molecule has 9 nitrogen and oxygen atoms in total. The zero-order chi connectivity index (χ0) is 23.5. The molecule has 1 aliphatic carbocycles. The lowest BCUT2D eigenvalue weighted by Gasteiger charge is -2.25. The minimum absolute atomic E-state index is 0.0732. The average Bonchev–Trinajstić information content (AvgIpc) is 3.49. The Bertz CT molecular complexity index is 1280. The molecule has 1 aliphatic heterocycles. The summed E-state index contributed by atoms with van der Waals surface area (Å²) in [6, 6.07) is 3.18. The van der Waals surface area contributed by atoms with Crippen LogP contribution in [-0.4, -0.2) is 51.2 Å². The highest BCUT2D eigenvalue weighted by atomic mass is 35.5. The summed E-state index contributed by atoms with van der Waals surface area (Å²) in [6.45, 7) is 0.674. The molecular weight excluding hydrogens is 447 g/mol. The van der Waals surface area contributed by atoms with Crippen molar-refractivity contribution in [2.45, 2.75) is 30.7 Å². The molecule has 1 aromatic carbocycles. The van der Waals surface area contributed by atoms with E-state index in [1.807, 2.05) is 0 Å². The van der Waals surface area contributed by atoms with E-state index in [-0.39, 0.29) is 34.2 Å². The maximum atomic E-state index is 15.6. The van der Waals surface area contributed by atoms with E-state index in [4.69, 9.17) is 23.1 Å². The van der Waals surface area contributed by atoms with Crippen molar-refractivity contribution in [3.05, 3.63) is 46.6 Å². The molecule has 0 unspecified atom stereocenters. The monoisotopic (exact) mass is 470 g/mol. The number of amides is 1. The average molecular weight is 471 g/mol. The maximum absolute atomic E-state index is 15.6. The van der Waals surface area contributed by atoms with Gasteiger partial charge in [-0.2, -0.15) is 0 Å². The molecule has 2 atom stereocenters. The number of pyridine rings is 1. The van der Waals surface area contributed by atoms with Gasteiger partial charge in [0.1, 0.15) is 18.0 Å². The largest absolute Gasteiger partial charge is 0.398 e. The highest BCUT2D eigenvalue weighted by molar-refractivity contribution is 6.34. The first-order chi connectivity index (χ1) is 15.7. The number of nitrogen functional groups attached to an aromatic ring is 2. The second kappa shape index (κ2) is 7.58. The summed E-state index contributed by atoms with van der Waals surface area (Å²) < 4.78 is 17.4. The Morgan fingerprint density at radius 2 is 2.09 bits per heavy atom. The van der Waals surface area contributed by atoms with Crippen LogP contribution in [0, 0.1) is 5.82 Å². The van der Waals surface area contributed by atoms with Crippen molar-refractivity contribution < 1.29 is 9.18 Å². The second-order valence-corrected chi connectivity index (χ2v) is 9.29. The van der Waals surface area contributed by atoms with E-state index in [9.17, 15) is 4.79 Å². The van der Waals surface area contributed by atoms with E-state index in [1.165, 1.54) is 23.2 Å². The third-order valence-corrected chi connectivity index (χ3v) is 7.10. The molecule has 0 saturated heterocycles. The predicted octanol–water partition coefficient (Wildman–Crippen LogP) is 3.09. The van der Waals surface area contributed by atoms with E-state index in [0.717, 1.165) is 24.8 Å². The molecule has 11 heteroatoms. The van der Waals surface area contributed by atoms with Crippen LogP contribution in [0.25, 0.3) is 11.1 Å². The molecular formula is C22H24ClFN8O. The molecule has 3 heterocycles. The third-order valence-electron chi connectivity index (χ3n) is 6.71. The Balaban J connectivity index is 1.58. The topological polar surface area (TPSA) is 128 Å². The zero-order valence-corrected chi connectivity index (χ0v) is 19.0. The summed E-state index contributed by atoms with van der Waals surface area (Å²) in [4.78, 5) is 22.4. The van der Waals surface area contributed by atoms with E-state index in [0.29, 0.717) is 22.9 Å². The van der Waals surface area contributed by atoms with Crippen molar-refractivity contribution in [3.8, 4) is 11.1 Å². The van der Waals surface area contributed by atoms with Crippen molar-refractivity contribution in [1.82, 2.24) is 24.6 Å². The summed E-state index contributed by atoms with van der Waals surface area (Å²) in [5.74, 6) is -0.284. The number of nitrogens with zero attached hydrogens (tertiary/aromatic N) is 5. The van der Waals surface area contributed by atoms with Gasteiger partial charge in [0.15, 0.2) is 0 Å². The summed E-state index contributed by atoms with van der Waals surface area (Å²) in [7, 11) is 3.10. The van der Waals surface area contributed by atoms with Gasteiger partial charge in [-0.25, -0.2) is 19.0 Å². The number of aromatic nitrogens is 4. The molecule has 1 amide bonds. The van der Waals surface area contributed by atoms with Gasteiger partial charge in [0.05, 0.1) is 16.6 Å². The number of hydrogen-bond donors (Lipinski definition) is 3. The number of anilines is 3. The van der Waals surface area contributed by atoms with E-state index >= 15 is 4.39 Å². The summed E-state index contributed by atoms with van der Waals surface area (Å²) in [6.07, 6.45) is 5.69. The molecule has 0 radical (unpaired) electrons. The third kappa shape index (κ3) is 3.28. The van der Waals surface area contributed by atoms with E-state index in [1.54, 1.807) is 25.1 Å². The van der Waals surface area contributed by atoms with Crippen molar-refractivity contribution >= 4 is 35.0 Å². The van der Waals surface area contributed by atoms with Gasteiger partial charge in [0, 0.05) is 54.6 Å². The van der Waals surface area contributed by atoms with Gasteiger partial charge in [0.25, 0.3) is 5.91 Å². The molecule has 3 aromatic rings. The highest BCUT2D eigenvalue weighted by Crippen LogP contribution is 2.54. The van der Waals surface area contributed by atoms with Crippen molar-refractivity contribution in [3.63, 3.8) is 0 Å². The van der Waals surface area contributed by atoms with Gasteiger partial charge in [0.2, 0.25) is 5.95 Å². The second-order valence-electron chi connectivity index (χ2n) is 8.91. The number of rotatable bonds is 3. The Morgan fingerprint density at radius 3 is 2.79 bits per heavy atom. The number of fused-ring (bicyclic) bond motifs is 2. The summed E-state index contributed by atoms with van der Waals surface area (Å²) in [5.41, 5.74) is 12.7. The first-order valence-electron chi connectivity index (χ1n) is 10.6. The fourth-order valence-corrected chi connectivity index (χ4v) is 5.49. The number of nitrogens with two attached hydrogens (primary N) is 2. The summed E-state index contributed by atoms with van der Waals surface area (Å²) >= 11 is 6.93. The van der Waals surface area contributed by atoms with Gasteiger partial charge in [-0.3, -0.25) is 4.79 Å². The fourth-order valence-electron chi connectivity index (χ4n) is 5.05. The quantitative estimate of drug-likeness (QED) is 0.502. The number of hydrogen-bond acceptors (Lipinski definition) is 7. The molecule has 1 fully saturated rings. The minimum atomic E-state index is -0.709. The van der Waals surface area contributed by atoms with Crippen LogP contribution in [0.3, 0.4) is 0 Å². The van der Waals surface area contributed by atoms with Crippen LogP contribution < -0.4 is 16.8 Å². The molecule has 5 N–H and O–H groups in total. The van der Waals surface area contributed by atoms with E-state index < -0.39 is 11.7 Å². The molecule has 5 rings (SSSR count). The Labute approximate surface area is 194 Å². The minimum Gasteiger partial charge on any atom is -0.398 e. The van der Waals surface area contributed by atoms with Crippen molar-refractivity contribution in [1.29, 1.82) is 0 Å². The first kappa shape index (κ1) is 21.4. The SMILES string of the molecule is CN(C)C(=O)c1c(N)ccc(-c2cnc3c(c2Cl)[C@]2(CC[C@H](n4cnc(N)n4)C2)CN3)c1F. The van der Waals surface area contributed by atoms with Crippen LogP contribution >= 0.6 is 11.6 Å². The fraction of sp³-hybridized carbons (Fsp3) is 0.364. The molecule has 2 aromatic heterocycles. The van der Waals surface area contributed by atoms with Crippen LogP contribution in [0.2, 0.25) is 5.02 Å². The lowest BCUT2D eigenvalue weighted by molar-refractivity contribution is 0.0824. The van der Waals surface area contributed by atoms with Crippen LogP contribution in [0.4, 0.5) is 21.8 Å². The zero-order valence-electron chi connectivity index (χ0n) is 18.3. The molecule has 1 spiro atoms. The lowest BCUT2D eigenvalue weighted by atomic mass is 9.80. The van der Waals surface area contributed by atoms with Gasteiger partial charge in [-0.1, -0.05) is 11.6 Å². The van der Waals surface area contributed by atoms with Gasteiger partial charge < -0.3 is 21.7 Å². The normalized spacial score (nSPS) is 21.3. The maximum Gasteiger partial charge on any atom is 0.258 e. The molecule has 33 heavy (non-hydrogen) atoms. The molecule has 0 bridgehead atoms. The molecule has 2 aliphatic rings. The van der Waals surface area contributed by atoms with Crippen LogP contribution in [0.5, 0.6) is 0 Å². The van der Waals surface area contributed by atoms with Crippen molar-refractivity contribution in [2.75, 3.05) is 37.4 Å². The Morgan fingerprint density at radius 1 is 1.30 bits per heavy atom. The van der Waals surface area contributed by atoms with Crippen LogP contribution in [-0.2, 0) is 5.41 Å². The standard InChI is InChI=1S/C22H24ClFN8O/c1-31(2)20(33)15-14(25)4-3-12(18(15)24)13-8-27-19-16(17(13)23)22(9-28-19)6-5-11(7-22)32-10-29-21(26)30-32/h3-4,8,10-11H,5-7,9,25H2,1-2H3,(H2,26,30)(H,27,28)/t11-,22-/m0/s1. The Kier molecular flexibility index (Phi) is 4.93. The van der Waals surface area contributed by atoms with Crippen LogP contribution in [0.15, 0.2) is 24.7 Å². The number of carbonyl (C=O) groups excluding carboxylic acids is 1. The molecule has 172 valence electrons. The highest BCUT2D eigenvalue weighted by Gasteiger charge is 2.48. The first-order valence-corrected chi connectivity index (χ1v) is 11.0. The molecule has 1 saturated carbocycles. The number of carbonyl (C=O) groups is 1. The number of nitrogens with one attached hydrogen (secondary N) is 1. The van der Waals surface area contributed by atoms with Gasteiger partial charge >= 0.3 is 0 Å². The van der Waals surface area contributed by atoms with Crippen molar-refractivity contribution in [2.24, 2.45) is 0 Å². The number of halogens is 2. The Hall–Kier alpha value is -3.40. The van der Waals surface area contributed by atoms with Gasteiger partial charge in [-0.05, 0) is 31.4 Å². The van der Waals surface area contributed by atoms with Crippen LogP contribution in [0.1, 0.15) is 41.2 Å². The van der Waals surface area contributed by atoms with E-state index in [2.05, 4.69) is 20.4 Å². The summed E-state index contributed by atoms with van der Waals surface area (Å²) in [5, 5.41) is 8.05. The van der Waals surface area contributed by atoms with Gasteiger partial charge in [-0.15, -0.1) is 5.10 Å². The predicted molar refractivity (Wildman–Crippen MR) is 125 cm³/mol. The smallest absolute Gasteiger partial charge is 0.258 e. The number of benzene rings is 1.